The Morgan fingerprint density at radius 1 is 0.733 bits per heavy atom. The van der Waals surface area contributed by atoms with Crippen LogP contribution in [0.1, 0.15) is 93.3 Å². The van der Waals surface area contributed by atoms with Crippen molar-refractivity contribution < 1.29 is 97.6 Å². The first kappa shape index (κ1) is 78.0. The Bertz CT molecular complexity index is 3640. The number of fused-ring (bicyclic) bond motifs is 2. The maximum absolute atomic E-state index is 15.5. The number of phenolic OH excluding ortho intramolecular Hbond substituents is 1. The van der Waals surface area contributed by atoms with Gasteiger partial charge in [0.1, 0.15) is 58.2 Å². The topological polar surface area (TPSA) is 480 Å². The van der Waals surface area contributed by atoms with Crippen LogP contribution in [0.15, 0.2) is 91.5 Å². The number of phenols is 1. The number of methoxy groups -OCH3 is 1. The molecule has 3 aliphatic heterocycles. The smallest absolute Gasteiger partial charge is 0.261 e. The van der Waals surface area contributed by atoms with Crippen molar-refractivity contribution in [3.63, 3.8) is 0 Å². The van der Waals surface area contributed by atoms with Gasteiger partial charge in [0.25, 0.3) is 18.2 Å². The molecule has 7 amide bonds. The molecule has 3 saturated heterocycles. The zero-order valence-corrected chi connectivity index (χ0v) is 56.3. The van der Waals surface area contributed by atoms with Crippen LogP contribution in [0.3, 0.4) is 0 Å². The van der Waals surface area contributed by atoms with Crippen LogP contribution in [-0.4, -0.2) is 241 Å². The quantitative estimate of drug-likeness (QED) is 0.0110. The Balaban J connectivity index is 0.0000130. The van der Waals surface area contributed by atoms with Gasteiger partial charge in [-0.25, -0.2) is 5.26 Å². The van der Waals surface area contributed by atoms with Crippen LogP contribution in [0.25, 0.3) is 21.1 Å². The van der Waals surface area contributed by atoms with Gasteiger partial charge in [-0.1, -0.05) is 72.5 Å². The van der Waals surface area contributed by atoms with Crippen molar-refractivity contribution in [3.8, 4) is 38.4 Å². The van der Waals surface area contributed by atoms with Crippen LogP contribution in [0.4, 0.5) is 0 Å². The number of aromatic amines is 2. The molecule has 0 bridgehead atoms. The molecule has 36 heteroatoms. The number of H-pyrrole nitrogens is 2. The minimum atomic E-state index is -2.18. The molecule has 6 heterocycles. The van der Waals surface area contributed by atoms with Crippen LogP contribution in [0.5, 0.6) is 17.2 Å². The molecule has 0 spiro atoms. The molecule has 548 valence electrons. The van der Waals surface area contributed by atoms with Crippen LogP contribution >= 0.6 is 23.7 Å². The Morgan fingerprint density at radius 3 is 1.97 bits per heavy atom. The largest absolute Gasteiger partial charge is 0.504 e. The Morgan fingerprint density at radius 2 is 1.35 bits per heavy atom. The van der Waals surface area contributed by atoms with Gasteiger partial charge in [-0.3, -0.25) is 48.7 Å². The van der Waals surface area contributed by atoms with Crippen LogP contribution < -0.4 is 35.5 Å². The number of aromatic nitrogens is 6. The number of carbonyl (C=O) groups is 7. The van der Waals surface area contributed by atoms with Gasteiger partial charge >= 0.3 is 0 Å². The summed E-state index contributed by atoms with van der Waals surface area (Å²) in [6.07, 6.45) is -1.43. The molecular formula is C65H86N14O20S2. The standard InChI is InChI=1S/C64H82N14O20S2.CH4/c1-34-30-78-53(54(34)84)59(89)65-29-42(80)23-45(70-55(85)39-10-12-40(13-11-39)60-74-75-61(99-60)41-14-16-44(17-15-41)95-20-8-6-4-5-7-19-94-3)56(86)71-50(35(2)79)63(91)77-33-43(81)24-46(77)57(87)72-51(48(83)21-36-9-18-47(82)49(22-36)96-100-98-97-93)58(88)73-52(64(78)92)62(90)76(31-37-25-66-67-26-37)32-38-27-68-69-28-38;/h9-18,22,25-28,34-35,42-43,45-46,48,50-54,62,79-84,90,93H,4-8,19-21,23-24,29-33H2,1-3H3,(H,65,89)(H,66,67)(H,68,69)(H,70,85)(H,71,86)(H,72,87)(H,73,88);1H4/t34-,35-,42-,43-,45+,46+,48-,50+,51+,52+,53+,54+,62+;/m1./s1. The second-order valence-corrected chi connectivity index (χ2v) is 26.1. The Labute approximate surface area is 588 Å². The summed E-state index contributed by atoms with van der Waals surface area (Å²) in [6, 6.07) is 5.60. The molecule has 0 radical (unpaired) electrons. The van der Waals surface area contributed by atoms with Crippen molar-refractivity contribution >= 4 is 65.0 Å². The summed E-state index contributed by atoms with van der Waals surface area (Å²) in [7, 11) is 1.70. The van der Waals surface area contributed by atoms with Gasteiger partial charge in [0, 0.05) is 112 Å². The van der Waals surface area contributed by atoms with Gasteiger partial charge in [0.15, 0.2) is 11.5 Å². The van der Waals surface area contributed by atoms with Gasteiger partial charge in [-0.05, 0) is 73.9 Å². The van der Waals surface area contributed by atoms with E-state index in [0.29, 0.717) is 39.1 Å². The molecule has 3 aromatic carbocycles. The van der Waals surface area contributed by atoms with Crippen molar-refractivity contribution in [1.29, 1.82) is 0 Å². The number of hydrogen-bond donors (Lipinski definition) is 15. The molecule has 0 saturated carbocycles. The molecule has 6 aromatic rings. The number of amides is 7. The highest BCUT2D eigenvalue weighted by Gasteiger charge is 2.50. The minimum Gasteiger partial charge on any atom is -0.504 e. The van der Waals surface area contributed by atoms with Crippen LogP contribution in [-0.2, 0) is 62.4 Å². The number of rotatable bonds is 27. The van der Waals surface area contributed by atoms with E-state index in [1.165, 1.54) is 72.2 Å². The number of ether oxygens (including phenoxy) is 2. The molecule has 15 N–H and O–H groups in total. The molecular weight excluding hydrogens is 1360 g/mol. The maximum atomic E-state index is 15.5. The number of unbranched alkanes of at least 4 members (excludes halogenated alkanes) is 4. The molecule has 3 aliphatic rings. The summed E-state index contributed by atoms with van der Waals surface area (Å²) >= 11 is 1.37. The molecule has 9 rings (SSSR count). The van der Waals surface area contributed by atoms with Gasteiger partial charge in [-0.15, -0.1) is 10.2 Å². The van der Waals surface area contributed by atoms with Gasteiger partial charge < -0.3 is 85.8 Å². The lowest BCUT2D eigenvalue weighted by molar-refractivity contribution is -0.433. The zero-order valence-electron chi connectivity index (χ0n) is 54.7. The van der Waals surface area contributed by atoms with E-state index in [0.717, 1.165) is 67.1 Å². The SMILES string of the molecule is C.COCCCCCCCOc1ccc(-c2nnc(-c3ccc(C(=O)N[C@H]4C[C@@H](O)CNC(=O)[C@@H]5[C@@H](O)[C@H](C)CN5C(=O)[C@H]([C@H](O)N(Cc5cn[nH]c5)Cc5cn[nH]c5)NC(=O)[C@H]([C@H](O)Cc5ccc(O)c(OSOOO)c5)NC(=O)[C@@H]5C[C@@H](O)CN5C(=O)[C@H]([C@@H](C)O)NC4=O)cc3)s2)cc1. The van der Waals surface area contributed by atoms with Crippen molar-refractivity contribution in [1.82, 2.24) is 71.9 Å². The van der Waals surface area contributed by atoms with Crippen LogP contribution in [0.2, 0.25) is 0 Å². The first-order valence-corrected chi connectivity index (χ1v) is 33.8. The number of nitrogens with one attached hydrogen (secondary N) is 7. The number of carbonyl (C=O) groups excluding carboxylic acids is 7. The van der Waals surface area contributed by atoms with E-state index in [1.54, 1.807) is 19.2 Å². The summed E-state index contributed by atoms with van der Waals surface area (Å²) in [5.74, 6) is -8.89. The third-order valence-corrected chi connectivity index (χ3v) is 18.6. The average molecular weight is 1450 g/mol. The Hall–Kier alpha value is -8.76. The molecule has 13 atom stereocenters. The van der Waals surface area contributed by atoms with Crippen molar-refractivity contribution in [2.75, 3.05) is 40.0 Å². The normalized spacial score (nSPS) is 23.5. The first-order chi connectivity index (χ1) is 48.1. The second kappa shape index (κ2) is 37.2. The van der Waals surface area contributed by atoms with Crippen molar-refractivity contribution in [3.05, 3.63) is 114 Å². The lowest BCUT2D eigenvalue weighted by atomic mass is 9.99. The number of aliphatic hydroxyl groups excluding tert-OH is 6. The molecule has 3 aromatic heterocycles. The zero-order chi connectivity index (χ0) is 71.6. The van der Waals surface area contributed by atoms with E-state index in [4.69, 9.17) is 18.9 Å². The third kappa shape index (κ3) is 20.7. The number of benzene rings is 3. The van der Waals surface area contributed by atoms with E-state index in [2.05, 4.69) is 66.5 Å². The second-order valence-electron chi connectivity index (χ2n) is 24.7. The highest BCUT2D eigenvalue weighted by Crippen LogP contribution is 2.34. The highest BCUT2D eigenvalue weighted by molar-refractivity contribution is 7.90. The van der Waals surface area contributed by atoms with E-state index >= 15 is 9.59 Å². The summed E-state index contributed by atoms with van der Waals surface area (Å²) in [5, 5.41) is 129. The minimum absolute atomic E-state index is 0. The number of β-amino-alcohol motifs (C(OH)–C–C–N with tert-alkyl or cyclic N) is 1. The highest BCUT2D eigenvalue weighted by atomic mass is 32.2. The van der Waals surface area contributed by atoms with Gasteiger partial charge in [0.05, 0.1) is 49.5 Å². The van der Waals surface area contributed by atoms with Crippen molar-refractivity contribution in [2.45, 2.75) is 159 Å². The lowest BCUT2D eigenvalue weighted by Crippen LogP contribution is -2.65. The van der Waals surface area contributed by atoms with E-state index in [9.17, 15) is 59.7 Å². The average Bonchev–Trinajstić information content (AvgIpc) is 1.69. The number of aromatic hydroxyl groups is 1. The monoisotopic (exact) mass is 1450 g/mol. The molecule has 101 heavy (non-hydrogen) atoms. The van der Waals surface area contributed by atoms with Gasteiger partial charge in [0.2, 0.25) is 35.4 Å². The Kier molecular flexibility index (Phi) is 28.8. The van der Waals surface area contributed by atoms with Crippen LogP contribution in [0, 0.1) is 5.92 Å². The maximum Gasteiger partial charge on any atom is 0.261 e. The van der Waals surface area contributed by atoms with E-state index < -0.39 is 158 Å². The van der Waals surface area contributed by atoms with E-state index in [1.807, 2.05) is 24.3 Å². The summed E-state index contributed by atoms with van der Waals surface area (Å²) in [6.45, 7) is 1.99. The summed E-state index contributed by atoms with van der Waals surface area (Å²) in [4.78, 5) is 107. The van der Waals surface area contributed by atoms with E-state index in [-0.39, 0.29) is 56.3 Å². The molecule has 34 nitrogen and oxygen atoms in total. The fourth-order valence-corrected chi connectivity index (χ4v) is 13.0. The number of nitrogens with zero attached hydrogens (tertiary/aromatic N) is 7. The summed E-state index contributed by atoms with van der Waals surface area (Å²) in [5.41, 5.74) is 2.44. The molecule has 0 unspecified atom stereocenters. The summed E-state index contributed by atoms with van der Waals surface area (Å²) < 4.78 is 20.5. The fraction of sp³-hybridized carbons (Fsp3) is 0.492. The van der Waals surface area contributed by atoms with Crippen molar-refractivity contribution in [2.24, 2.45) is 5.92 Å². The molecule has 3 fully saturated rings. The fourth-order valence-electron chi connectivity index (χ4n) is 11.9. The third-order valence-electron chi connectivity index (χ3n) is 17.2. The van der Waals surface area contributed by atoms with Gasteiger partial charge in [-0.2, -0.15) is 10.2 Å². The predicted molar refractivity (Wildman–Crippen MR) is 360 cm³/mol. The number of aliphatic hydroxyl groups is 6. The predicted octanol–water partition coefficient (Wildman–Crippen LogP) is 0.607. The molecule has 0 aliphatic carbocycles. The lowest BCUT2D eigenvalue weighted by Gasteiger charge is -2.37. The first-order valence-electron chi connectivity index (χ1n) is 32.3. The number of hydrogen-bond acceptors (Lipinski definition) is 27.